The number of amides is 1. The van der Waals surface area contributed by atoms with E-state index in [2.05, 4.69) is 31.4 Å². The maximum Gasteiger partial charge on any atom is 0.234 e. The summed E-state index contributed by atoms with van der Waals surface area (Å²) < 4.78 is 17.5. The van der Waals surface area contributed by atoms with E-state index in [-0.39, 0.29) is 23.5 Å². The molecule has 0 radical (unpaired) electrons. The second-order valence-electron chi connectivity index (χ2n) is 7.29. The Morgan fingerprint density at radius 2 is 1.83 bits per heavy atom. The molecule has 1 fully saturated rings. The van der Waals surface area contributed by atoms with E-state index >= 15 is 0 Å². The van der Waals surface area contributed by atoms with E-state index in [4.69, 9.17) is 0 Å². The van der Waals surface area contributed by atoms with Crippen LogP contribution in [0.15, 0.2) is 58.2 Å². The molecule has 2 aromatic carbocycles. The van der Waals surface area contributed by atoms with Crippen molar-refractivity contribution in [3.63, 3.8) is 0 Å². The molecule has 1 heterocycles. The molecule has 1 amide bonds. The smallest absolute Gasteiger partial charge is 0.234 e. The first-order valence-electron chi connectivity index (χ1n) is 10.00. The number of carbonyl (C=O) groups excluding carboxylic acids is 1. The van der Waals surface area contributed by atoms with E-state index in [1.807, 2.05) is 28.8 Å². The molecular weight excluding hydrogens is 467 g/mol. The van der Waals surface area contributed by atoms with Gasteiger partial charge >= 0.3 is 0 Å². The van der Waals surface area contributed by atoms with Crippen LogP contribution in [0.4, 0.5) is 10.1 Å². The third-order valence-electron chi connectivity index (χ3n) is 5.18. The van der Waals surface area contributed by atoms with Gasteiger partial charge in [0.25, 0.3) is 0 Å². The molecular formula is C22H22BrFN4OS. The zero-order chi connectivity index (χ0) is 20.9. The molecule has 0 spiro atoms. The van der Waals surface area contributed by atoms with E-state index in [9.17, 15) is 9.18 Å². The number of carbonyl (C=O) groups is 1. The second-order valence-corrected chi connectivity index (χ2v) is 9.15. The normalized spacial score (nSPS) is 14.6. The number of thioether (sulfide) groups is 1. The molecule has 30 heavy (non-hydrogen) atoms. The van der Waals surface area contributed by atoms with Crippen molar-refractivity contribution < 1.29 is 9.18 Å². The van der Waals surface area contributed by atoms with Crippen molar-refractivity contribution in [1.82, 2.24) is 14.8 Å². The molecule has 1 saturated carbocycles. The monoisotopic (exact) mass is 488 g/mol. The van der Waals surface area contributed by atoms with E-state index in [1.165, 1.54) is 24.2 Å². The Morgan fingerprint density at radius 1 is 1.10 bits per heavy atom. The third kappa shape index (κ3) is 4.92. The summed E-state index contributed by atoms with van der Waals surface area (Å²) in [5.74, 6) is 0.313. The highest BCUT2D eigenvalue weighted by molar-refractivity contribution is 9.10. The summed E-state index contributed by atoms with van der Waals surface area (Å²) in [7, 11) is 0. The summed E-state index contributed by atoms with van der Waals surface area (Å²) in [5, 5.41) is 12.2. The maximum atomic E-state index is 14.5. The van der Waals surface area contributed by atoms with Crippen LogP contribution in [0, 0.1) is 5.82 Å². The molecule has 4 rings (SSSR count). The lowest BCUT2D eigenvalue weighted by Gasteiger charge is -2.25. The predicted octanol–water partition coefficient (Wildman–Crippen LogP) is 6.08. The van der Waals surface area contributed by atoms with Gasteiger partial charge in [-0.3, -0.25) is 9.36 Å². The molecule has 0 saturated heterocycles. The van der Waals surface area contributed by atoms with Crippen molar-refractivity contribution in [3.05, 3.63) is 58.8 Å². The molecule has 156 valence electrons. The minimum Gasteiger partial charge on any atom is -0.325 e. The van der Waals surface area contributed by atoms with Gasteiger partial charge in [-0.05, 0) is 49.2 Å². The lowest BCUT2D eigenvalue weighted by atomic mass is 9.95. The fourth-order valence-electron chi connectivity index (χ4n) is 3.73. The van der Waals surface area contributed by atoms with Crippen LogP contribution >= 0.6 is 27.7 Å². The zero-order valence-corrected chi connectivity index (χ0v) is 18.8. The van der Waals surface area contributed by atoms with Crippen LogP contribution in [0.3, 0.4) is 0 Å². The van der Waals surface area contributed by atoms with Crippen LogP contribution in [-0.2, 0) is 4.79 Å². The van der Waals surface area contributed by atoms with Gasteiger partial charge in [-0.1, -0.05) is 59.1 Å². The Balaban J connectivity index is 1.54. The van der Waals surface area contributed by atoms with Gasteiger partial charge in [0.05, 0.1) is 11.3 Å². The predicted molar refractivity (Wildman–Crippen MR) is 121 cm³/mol. The fraction of sp³-hybridized carbons (Fsp3) is 0.318. The lowest BCUT2D eigenvalue weighted by Crippen LogP contribution is -2.17. The van der Waals surface area contributed by atoms with Crippen molar-refractivity contribution >= 4 is 39.3 Å². The summed E-state index contributed by atoms with van der Waals surface area (Å²) >= 11 is 4.72. The molecule has 0 bridgehead atoms. The fourth-order valence-corrected chi connectivity index (χ4v) is 4.80. The Hall–Kier alpha value is -2.19. The van der Waals surface area contributed by atoms with Crippen LogP contribution in [0.25, 0.3) is 11.4 Å². The quantitative estimate of drug-likeness (QED) is 0.426. The summed E-state index contributed by atoms with van der Waals surface area (Å²) in [5.41, 5.74) is 1.19. The molecule has 0 atom stereocenters. The van der Waals surface area contributed by atoms with Crippen molar-refractivity contribution in [3.8, 4) is 11.4 Å². The second kappa shape index (κ2) is 9.75. The Morgan fingerprint density at radius 3 is 2.57 bits per heavy atom. The average molecular weight is 489 g/mol. The zero-order valence-electron chi connectivity index (χ0n) is 16.4. The Labute approximate surface area is 187 Å². The van der Waals surface area contributed by atoms with Gasteiger partial charge in [-0.2, -0.15) is 0 Å². The molecule has 1 aliphatic rings. The SMILES string of the molecule is O=C(CSc1nnc(-c2ccccc2F)n1C1CCCCC1)Nc1ccc(Br)cc1. The highest BCUT2D eigenvalue weighted by Gasteiger charge is 2.25. The summed E-state index contributed by atoms with van der Waals surface area (Å²) in [6.07, 6.45) is 5.50. The van der Waals surface area contributed by atoms with E-state index < -0.39 is 0 Å². The van der Waals surface area contributed by atoms with Gasteiger partial charge in [0.2, 0.25) is 5.91 Å². The van der Waals surface area contributed by atoms with E-state index in [0.29, 0.717) is 16.5 Å². The van der Waals surface area contributed by atoms with Crippen LogP contribution < -0.4 is 5.32 Å². The van der Waals surface area contributed by atoms with Crippen LogP contribution in [-0.4, -0.2) is 26.4 Å². The van der Waals surface area contributed by atoms with Crippen LogP contribution in [0.2, 0.25) is 0 Å². The number of hydrogen-bond donors (Lipinski definition) is 1. The summed E-state index contributed by atoms with van der Waals surface area (Å²) in [4.78, 5) is 12.4. The number of benzene rings is 2. The number of halogens is 2. The van der Waals surface area contributed by atoms with Crippen LogP contribution in [0.5, 0.6) is 0 Å². The third-order valence-corrected chi connectivity index (χ3v) is 6.65. The molecule has 8 heteroatoms. The van der Waals surface area contributed by atoms with Crippen molar-refractivity contribution in [1.29, 1.82) is 0 Å². The largest absolute Gasteiger partial charge is 0.325 e. The first kappa shape index (κ1) is 21.1. The van der Waals surface area contributed by atoms with Crippen LogP contribution in [0.1, 0.15) is 38.1 Å². The van der Waals surface area contributed by atoms with E-state index in [0.717, 1.165) is 35.8 Å². The van der Waals surface area contributed by atoms with Gasteiger partial charge in [-0.15, -0.1) is 10.2 Å². The van der Waals surface area contributed by atoms with Gasteiger partial charge in [-0.25, -0.2) is 4.39 Å². The Kier molecular flexibility index (Phi) is 6.84. The highest BCUT2D eigenvalue weighted by Crippen LogP contribution is 2.36. The molecule has 1 aliphatic carbocycles. The molecule has 0 unspecified atom stereocenters. The average Bonchev–Trinajstić information content (AvgIpc) is 3.18. The van der Waals surface area contributed by atoms with Gasteiger partial charge in [0.15, 0.2) is 11.0 Å². The van der Waals surface area contributed by atoms with Gasteiger partial charge < -0.3 is 5.32 Å². The molecule has 3 aromatic rings. The molecule has 1 N–H and O–H groups in total. The van der Waals surface area contributed by atoms with Crippen molar-refractivity contribution in [2.45, 2.75) is 43.3 Å². The highest BCUT2D eigenvalue weighted by atomic mass is 79.9. The Bertz CT molecular complexity index is 1020. The minimum absolute atomic E-state index is 0.118. The lowest BCUT2D eigenvalue weighted by molar-refractivity contribution is -0.113. The number of nitrogens with zero attached hydrogens (tertiary/aromatic N) is 3. The maximum absolute atomic E-state index is 14.5. The molecule has 5 nitrogen and oxygen atoms in total. The van der Waals surface area contributed by atoms with Gasteiger partial charge in [0, 0.05) is 16.2 Å². The van der Waals surface area contributed by atoms with E-state index in [1.54, 1.807) is 18.2 Å². The number of hydrogen-bond acceptors (Lipinski definition) is 4. The molecule has 0 aliphatic heterocycles. The first-order chi connectivity index (χ1) is 14.6. The summed E-state index contributed by atoms with van der Waals surface area (Å²) in [6.45, 7) is 0. The van der Waals surface area contributed by atoms with Crippen molar-refractivity contribution in [2.24, 2.45) is 0 Å². The summed E-state index contributed by atoms with van der Waals surface area (Å²) in [6, 6.07) is 14.3. The van der Waals surface area contributed by atoms with Gasteiger partial charge in [0.1, 0.15) is 5.82 Å². The first-order valence-corrected chi connectivity index (χ1v) is 11.8. The number of nitrogens with one attached hydrogen (secondary N) is 1. The number of rotatable bonds is 6. The molecule has 1 aromatic heterocycles. The number of anilines is 1. The van der Waals surface area contributed by atoms with Crippen molar-refractivity contribution in [2.75, 3.05) is 11.1 Å². The number of aromatic nitrogens is 3. The standard InChI is InChI=1S/C22H22BrFN4OS/c23-15-10-12-16(13-11-15)25-20(29)14-30-22-27-26-21(18-8-4-5-9-19(18)24)28(22)17-6-2-1-3-7-17/h4-5,8-13,17H,1-3,6-7,14H2,(H,25,29). The minimum atomic E-state index is -0.313. The topological polar surface area (TPSA) is 59.8 Å².